The van der Waals surface area contributed by atoms with Gasteiger partial charge >= 0.3 is 0 Å². The lowest BCUT2D eigenvalue weighted by molar-refractivity contribution is -0.133. The largest absolute Gasteiger partial charge is 0.379 e. The van der Waals surface area contributed by atoms with E-state index in [-0.39, 0.29) is 47.8 Å². The summed E-state index contributed by atoms with van der Waals surface area (Å²) in [5, 5.41) is 6.34. The van der Waals surface area contributed by atoms with Gasteiger partial charge in [-0.05, 0) is 58.2 Å². The molecular weight excluding hydrogens is 451 g/mol. The van der Waals surface area contributed by atoms with Crippen LogP contribution in [-0.4, -0.2) is 58.0 Å². The number of nitrogens with one attached hydrogen (secondary N) is 2. The Balaban J connectivity index is 1.77. The second kappa shape index (κ2) is 9.97. The van der Waals surface area contributed by atoms with E-state index in [1.807, 2.05) is 13.8 Å². The highest BCUT2D eigenvalue weighted by Crippen LogP contribution is 2.39. The van der Waals surface area contributed by atoms with Crippen LogP contribution in [0.25, 0.3) is 10.9 Å². The summed E-state index contributed by atoms with van der Waals surface area (Å²) in [6, 6.07) is 4.33. The summed E-state index contributed by atoms with van der Waals surface area (Å²) in [6.07, 6.45) is 4.64. The smallest absolute Gasteiger partial charge is 0.273 e. The topological polar surface area (TPSA) is 92.7 Å². The van der Waals surface area contributed by atoms with Gasteiger partial charge in [0.2, 0.25) is 11.8 Å². The van der Waals surface area contributed by atoms with Crippen LogP contribution >= 0.6 is 0 Å². The van der Waals surface area contributed by atoms with Crippen molar-refractivity contribution in [2.24, 2.45) is 0 Å². The number of ether oxygens (including phenoxy) is 1. The molecule has 8 nitrogen and oxygen atoms in total. The molecule has 4 rings (SSSR count). The van der Waals surface area contributed by atoms with Gasteiger partial charge in [-0.15, -0.1) is 0 Å². The molecule has 3 amide bonds. The van der Waals surface area contributed by atoms with Gasteiger partial charge in [-0.1, -0.05) is 12.8 Å². The molecular formula is C26H35FN4O4. The molecule has 1 aliphatic carbocycles. The molecule has 2 heterocycles. The number of hydrogen-bond donors (Lipinski definition) is 2. The summed E-state index contributed by atoms with van der Waals surface area (Å²) in [7, 11) is 0. The predicted octanol–water partition coefficient (Wildman–Crippen LogP) is 3.83. The van der Waals surface area contributed by atoms with Crippen LogP contribution in [-0.2, 0) is 20.9 Å². The average molecular weight is 487 g/mol. The number of fused-ring (bicyclic) bond motifs is 3. The number of carbonyl (C=O) groups is 3. The normalized spacial score (nSPS) is 20.5. The first kappa shape index (κ1) is 25.2. The molecule has 0 unspecified atom stereocenters. The minimum Gasteiger partial charge on any atom is -0.379 e. The van der Waals surface area contributed by atoms with Gasteiger partial charge in [0.1, 0.15) is 17.1 Å². The van der Waals surface area contributed by atoms with Gasteiger partial charge in [0.15, 0.2) is 0 Å². The molecule has 1 atom stereocenters. The zero-order chi connectivity index (χ0) is 25.3. The molecule has 0 saturated heterocycles. The van der Waals surface area contributed by atoms with Crippen molar-refractivity contribution in [2.45, 2.75) is 84.0 Å². The van der Waals surface area contributed by atoms with Crippen LogP contribution in [0.3, 0.4) is 0 Å². The highest BCUT2D eigenvalue weighted by atomic mass is 19.1. The lowest BCUT2D eigenvalue weighted by Gasteiger charge is -2.44. The Labute approximate surface area is 205 Å². The standard InChI is InChI=1S/C26H35FN4O4/c1-16(2)35-13-7-12-31-24(33)23-22(28-17(3)32)20-14-18(27)10-11-21(20)30(23)15-26(31,4)25(34)29-19-8-5-6-9-19/h10-11,14,16,19H,5-9,12-13,15H2,1-4H3,(H,28,32)(H,29,34)/t26-/m1/s1. The Bertz CT molecular complexity index is 1140. The van der Waals surface area contributed by atoms with Crippen molar-refractivity contribution < 1.29 is 23.5 Å². The summed E-state index contributed by atoms with van der Waals surface area (Å²) in [6.45, 7) is 7.99. The Morgan fingerprint density at radius 3 is 2.63 bits per heavy atom. The summed E-state index contributed by atoms with van der Waals surface area (Å²) in [5.41, 5.74) is -0.0187. The Morgan fingerprint density at radius 2 is 1.97 bits per heavy atom. The number of hydrogen-bond acceptors (Lipinski definition) is 4. The van der Waals surface area contributed by atoms with Gasteiger partial charge < -0.3 is 24.8 Å². The van der Waals surface area contributed by atoms with Crippen molar-refractivity contribution in [3.63, 3.8) is 0 Å². The fraction of sp³-hybridized carbons (Fsp3) is 0.577. The van der Waals surface area contributed by atoms with Gasteiger partial charge in [0, 0.05) is 31.5 Å². The first-order valence-corrected chi connectivity index (χ1v) is 12.5. The summed E-state index contributed by atoms with van der Waals surface area (Å²) >= 11 is 0. The van der Waals surface area contributed by atoms with Crippen molar-refractivity contribution >= 4 is 34.3 Å². The molecule has 9 heteroatoms. The SMILES string of the molecule is CC(=O)Nc1c2n(c3ccc(F)cc13)C[C@](C)(C(=O)NC1CCCC1)N(CCCOC(C)C)C2=O. The molecule has 1 saturated carbocycles. The van der Waals surface area contributed by atoms with Crippen molar-refractivity contribution in [2.75, 3.05) is 18.5 Å². The molecule has 1 aromatic heterocycles. The van der Waals surface area contributed by atoms with E-state index < -0.39 is 11.4 Å². The fourth-order valence-electron chi connectivity index (χ4n) is 5.26. The van der Waals surface area contributed by atoms with Crippen molar-refractivity contribution in [1.29, 1.82) is 0 Å². The molecule has 2 aliphatic rings. The molecule has 2 aromatic rings. The van der Waals surface area contributed by atoms with Gasteiger partial charge in [-0.3, -0.25) is 14.4 Å². The van der Waals surface area contributed by atoms with Crippen LogP contribution < -0.4 is 10.6 Å². The molecule has 1 aromatic carbocycles. The number of carbonyl (C=O) groups excluding carboxylic acids is 3. The first-order valence-electron chi connectivity index (χ1n) is 12.5. The summed E-state index contributed by atoms with van der Waals surface area (Å²) in [4.78, 5) is 41.3. The van der Waals surface area contributed by atoms with Crippen molar-refractivity contribution in [3.05, 3.63) is 29.7 Å². The molecule has 1 aliphatic heterocycles. The molecule has 2 N–H and O–H groups in total. The number of anilines is 1. The van der Waals surface area contributed by atoms with Gasteiger partial charge in [-0.2, -0.15) is 0 Å². The van der Waals surface area contributed by atoms with E-state index in [4.69, 9.17) is 4.74 Å². The summed E-state index contributed by atoms with van der Waals surface area (Å²) in [5.74, 6) is -1.39. The minimum atomic E-state index is -1.15. The third-order valence-corrected chi connectivity index (χ3v) is 6.99. The minimum absolute atomic E-state index is 0.0629. The second-order valence-electron chi connectivity index (χ2n) is 10.1. The number of aromatic nitrogens is 1. The average Bonchev–Trinajstić information content (AvgIpc) is 3.39. The number of nitrogens with zero attached hydrogens (tertiary/aromatic N) is 2. The maximum absolute atomic E-state index is 14.2. The van der Waals surface area contributed by atoms with Crippen LogP contribution in [0.5, 0.6) is 0 Å². The molecule has 0 spiro atoms. The summed E-state index contributed by atoms with van der Waals surface area (Å²) < 4.78 is 21.6. The van der Waals surface area contributed by atoms with E-state index in [0.29, 0.717) is 30.5 Å². The number of amides is 3. The lowest BCUT2D eigenvalue weighted by Crippen LogP contribution is -2.65. The number of halogens is 1. The van der Waals surface area contributed by atoms with Crippen LogP contribution in [0.1, 0.15) is 70.3 Å². The molecule has 35 heavy (non-hydrogen) atoms. The Hall–Kier alpha value is -2.94. The first-order chi connectivity index (χ1) is 16.6. The second-order valence-corrected chi connectivity index (χ2v) is 10.1. The van der Waals surface area contributed by atoms with Crippen molar-refractivity contribution in [1.82, 2.24) is 14.8 Å². The number of rotatable bonds is 8. The highest BCUT2D eigenvalue weighted by Gasteiger charge is 2.49. The molecule has 190 valence electrons. The Morgan fingerprint density at radius 1 is 1.26 bits per heavy atom. The fourth-order valence-corrected chi connectivity index (χ4v) is 5.26. The van der Waals surface area contributed by atoms with E-state index >= 15 is 0 Å². The van der Waals surface area contributed by atoms with E-state index in [9.17, 15) is 18.8 Å². The van der Waals surface area contributed by atoms with E-state index in [1.165, 1.54) is 19.1 Å². The Kier molecular flexibility index (Phi) is 7.17. The quantitative estimate of drug-likeness (QED) is 0.555. The van der Waals surface area contributed by atoms with Crippen LogP contribution in [0.2, 0.25) is 0 Å². The lowest BCUT2D eigenvalue weighted by atomic mass is 9.93. The van der Waals surface area contributed by atoms with Gasteiger partial charge in [-0.25, -0.2) is 4.39 Å². The zero-order valence-corrected chi connectivity index (χ0v) is 20.9. The maximum atomic E-state index is 14.2. The third kappa shape index (κ3) is 4.91. The van der Waals surface area contributed by atoms with E-state index in [2.05, 4.69) is 10.6 Å². The molecule has 0 bridgehead atoms. The van der Waals surface area contributed by atoms with E-state index in [1.54, 1.807) is 22.5 Å². The van der Waals surface area contributed by atoms with Crippen LogP contribution in [0, 0.1) is 5.82 Å². The predicted molar refractivity (Wildman–Crippen MR) is 132 cm³/mol. The van der Waals surface area contributed by atoms with Crippen molar-refractivity contribution in [3.8, 4) is 0 Å². The molecule has 1 fully saturated rings. The molecule has 0 radical (unpaired) electrons. The van der Waals surface area contributed by atoms with E-state index in [0.717, 1.165) is 25.7 Å². The highest BCUT2D eigenvalue weighted by molar-refractivity contribution is 6.14. The third-order valence-electron chi connectivity index (χ3n) is 6.99. The monoisotopic (exact) mass is 486 g/mol. The zero-order valence-electron chi connectivity index (χ0n) is 20.9. The number of benzene rings is 1. The van der Waals surface area contributed by atoms with Crippen LogP contribution in [0.15, 0.2) is 18.2 Å². The van der Waals surface area contributed by atoms with Gasteiger partial charge in [0.25, 0.3) is 5.91 Å². The van der Waals surface area contributed by atoms with Gasteiger partial charge in [0.05, 0.1) is 23.9 Å². The maximum Gasteiger partial charge on any atom is 0.273 e. The van der Waals surface area contributed by atoms with Crippen LogP contribution in [0.4, 0.5) is 10.1 Å².